The highest BCUT2D eigenvalue weighted by molar-refractivity contribution is 6.78. The summed E-state index contributed by atoms with van der Waals surface area (Å²) < 4.78 is 33.9. The van der Waals surface area contributed by atoms with Gasteiger partial charge in [0.2, 0.25) is 0 Å². The Kier molecular flexibility index (Phi) is 11.4. The van der Waals surface area contributed by atoms with Crippen LogP contribution in [0.4, 0.5) is 0 Å². The molecule has 0 saturated carbocycles. The average molecular weight is 404 g/mol. The molecule has 0 aromatic carbocycles. The molecular formula is C17H33NO6Si2. The first-order valence-corrected chi connectivity index (χ1v) is 14.5. The first-order chi connectivity index (χ1) is 12.3. The van der Waals surface area contributed by atoms with Gasteiger partial charge in [-0.05, 0) is 37.8 Å². The maximum absolute atomic E-state index is 6.24. The lowest BCUT2D eigenvalue weighted by atomic mass is 10.3. The summed E-state index contributed by atoms with van der Waals surface area (Å²) in [6.45, 7) is 12.0. The van der Waals surface area contributed by atoms with Crippen LogP contribution in [0.1, 0.15) is 5.56 Å². The van der Waals surface area contributed by atoms with Gasteiger partial charge in [-0.25, -0.2) is 0 Å². The van der Waals surface area contributed by atoms with Gasteiger partial charge in [0.15, 0.2) is 0 Å². The number of hydrogen-bond donors (Lipinski definition) is 0. The summed E-state index contributed by atoms with van der Waals surface area (Å²) in [5.74, 6) is 0. The third-order valence-electron chi connectivity index (χ3n) is 3.28. The second-order valence-corrected chi connectivity index (χ2v) is 13.6. The summed E-state index contributed by atoms with van der Waals surface area (Å²) in [7, 11) is -2.90. The van der Waals surface area contributed by atoms with E-state index in [0.717, 1.165) is 5.56 Å². The van der Waals surface area contributed by atoms with Crippen LogP contribution in [0.3, 0.4) is 0 Å². The summed E-state index contributed by atoms with van der Waals surface area (Å²) in [6.07, 6.45) is 3.56. The zero-order valence-corrected chi connectivity index (χ0v) is 18.7. The highest BCUT2D eigenvalue weighted by Crippen LogP contribution is 2.18. The van der Waals surface area contributed by atoms with Crippen LogP contribution in [0, 0.1) is 0 Å². The summed E-state index contributed by atoms with van der Waals surface area (Å²) in [6, 6.07) is 3.89. The summed E-state index contributed by atoms with van der Waals surface area (Å²) in [5, 5.41) is 0. The lowest BCUT2D eigenvalue weighted by Crippen LogP contribution is -2.48. The maximum Gasteiger partial charge on any atom is 0.323 e. The highest BCUT2D eigenvalue weighted by atomic mass is 28.5. The van der Waals surface area contributed by atoms with Crippen molar-refractivity contribution in [3.63, 3.8) is 0 Å². The molecule has 0 aliphatic rings. The van der Waals surface area contributed by atoms with E-state index in [2.05, 4.69) is 4.98 Å². The minimum Gasteiger partial charge on any atom is -0.415 e. The predicted octanol–water partition coefficient (Wildman–Crippen LogP) is 2.71. The number of rotatable bonds is 15. The number of hydrogen-bond acceptors (Lipinski definition) is 7. The van der Waals surface area contributed by atoms with E-state index in [1.807, 2.05) is 38.3 Å². The van der Waals surface area contributed by atoms with Gasteiger partial charge in [0.25, 0.3) is 0 Å². The van der Waals surface area contributed by atoms with Crippen molar-refractivity contribution in [3.8, 4) is 0 Å². The molecule has 0 bridgehead atoms. The molecule has 9 heteroatoms. The van der Waals surface area contributed by atoms with E-state index in [1.54, 1.807) is 19.5 Å². The van der Waals surface area contributed by atoms with Crippen molar-refractivity contribution in [1.29, 1.82) is 0 Å². The molecule has 0 aliphatic heterocycles. The predicted molar refractivity (Wildman–Crippen MR) is 105 cm³/mol. The van der Waals surface area contributed by atoms with Crippen LogP contribution < -0.4 is 0 Å². The van der Waals surface area contributed by atoms with Crippen molar-refractivity contribution in [1.82, 2.24) is 4.98 Å². The van der Waals surface area contributed by atoms with Gasteiger partial charge in [0, 0.05) is 19.5 Å². The molecule has 0 unspecified atom stereocenters. The van der Waals surface area contributed by atoms with E-state index >= 15 is 0 Å². The molecule has 1 aromatic rings. The van der Waals surface area contributed by atoms with Gasteiger partial charge in [-0.2, -0.15) is 0 Å². The Morgan fingerprint density at radius 2 is 1.46 bits per heavy atom. The minimum absolute atomic E-state index is 0.504. The Morgan fingerprint density at radius 1 is 0.846 bits per heavy atom. The number of nitrogens with zero attached hydrogens (tertiary/aromatic N) is 1. The van der Waals surface area contributed by atoms with Crippen LogP contribution in [-0.4, -0.2) is 68.9 Å². The molecule has 7 nitrogen and oxygen atoms in total. The lowest BCUT2D eigenvalue weighted by molar-refractivity contribution is 0.0155. The van der Waals surface area contributed by atoms with Gasteiger partial charge in [-0.15, -0.1) is 0 Å². The Bertz CT molecular complexity index is 476. The Hall–Kier alpha value is -0.656. The fraction of sp³-hybridized carbons (Fsp3) is 0.706. The van der Waals surface area contributed by atoms with E-state index in [4.69, 9.17) is 27.2 Å². The molecule has 0 N–H and O–H groups in total. The summed E-state index contributed by atoms with van der Waals surface area (Å²) >= 11 is 0. The first-order valence-electron chi connectivity index (χ1n) is 8.86. The maximum atomic E-state index is 6.24. The topological polar surface area (TPSA) is 68.3 Å². The Balaban J connectivity index is 2.16. The van der Waals surface area contributed by atoms with E-state index in [-0.39, 0.29) is 0 Å². The van der Waals surface area contributed by atoms with E-state index < -0.39 is 17.1 Å². The summed E-state index contributed by atoms with van der Waals surface area (Å²) in [4.78, 5) is 4.10. The second-order valence-electron chi connectivity index (χ2n) is 6.62. The van der Waals surface area contributed by atoms with Gasteiger partial charge in [-0.3, -0.25) is 4.98 Å². The molecule has 0 radical (unpaired) electrons. The number of ether oxygens (including phenoxy) is 3. The molecule has 0 saturated heterocycles. The zero-order chi connectivity index (χ0) is 19.3. The van der Waals surface area contributed by atoms with Crippen molar-refractivity contribution >= 4 is 17.1 Å². The third kappa shape index (κ3) is 11.9. The molecule has 0 spiro atoms. The zero-order valence-electron chi connectivity index (χ0n) is 16.7. The Morgan fingerprint density at radius 3 is 2.08 bits per heavy atom. The highest BCUT2D eigenvalue weighted by Gasteiger charge is 2.36. The van der Waals surface area contributed by atoms with E-state index in [9.17, 15) is 0 Å². The molecule has 150 valence electrons. The van der Waals surface area contributed by atoms with Gasteiger partial charge >= 0.3 is 17.1 Å². The third-order valence-corrected chi connectivity index (χ3v) is 8.95. The van der Waals surface area contributed by atoms with Crippen molar-refractivity contribution in [2.45, 2.75) is 32.8 Å². The molecule has 1 rings (SSSR count). The molecule has 0 fully saturated rings. The number of aromatic nitrogens is 1. The van der Waals surface area contributed by atoms with Crippen LogP contribution in [0.15, 0.2) is 24.5 Å². The van der Waals surface area contributed by atoms with Crippen LogP contribution in [-0.2, 0) is 33.8 Å². The fourth-order valence-electron chi connectivity index (χ4n) is 2.20. The normalized spacial score (nSPS) is 12.5. The monoisotopic (exact) mass is 403 g/mol. The van der Waals surface area contributed by atoms with Gasteiger partial charge in [0.1, 0.15) is 0 Å². The average Bonchev–Trinajstić information content (AvgIpc) is 2.59. The van der Waals surface area contributed by atoms with E-state index in [0.29, 0.717) is 46.2 Å². The number of methoxy groups -OCH3 is 1. The fourth-order valence-corrected chi connectivity index (χ4v) is 8.50. The van der Waals surface area contributed by atoms with Crippen molar-refractivity contribution in [2.24, 2.45) is 0 Å². The molecular weight excluding hydrogens is 370 g/mol. The van der Waals surface area contributed by atoms with Crippen molar-refractivity contribution in [3.05, 3.63) is 30.1 Å². The van der Waals surface area contributed by atoms with Crippen molar-refractivity contribution in [2.75, 3.05) is 46.8 Å². The SMILES string of the molecule is COCCOCCOCCO[Si](C)(C)O[Si](C)(C)OCc1cccnc1. The largest absolute Gasteiger partial charge is 0.415 e. The molecule has 0 atom stereocenters. The van der Waals surface area contributed by atoms with Crippen LogP contribution in [0.5, 0.6) is 0 Å². The smallest absolute Gasteiger partial charge is 0.323 e. The quantitative estimate of drug-likeness (QED) is 0.329. The molecule has 1 aromatic heterocycles. The second kappa shape index (κ2) is 12.7. The lowest BCUT2D eigenvalue weighted by Gasteiger charge is -2.32. The van der Waals surface area contributed by atoms with E-state index in [1.165, 1.54) is 0 Å². The molecule has 1 heterocycles. The summed E-state index contributed by atoms with van der Waals surface area (Å²) in [5.41, 5.74) is 1.04. The van der Waals surface area contributed by atoms with Crippen LogP contribution >= 0.6 is 0 Å². The number of pyridine rings is 1. The first kappa shape index (κ1) is 23.4. The molecule has 0 aliphatic carbocycles. The van der Waals surface area contributed by atoms with Crippen LogP contribution in [0.25, 0.3) is 0 Å². The van der Waals surface area contributed by atoms with Gasteiger partial charge in [0.05, 0.1) is 46.2 Å². The minimum atomic E-state index is -2.28. The molecule has 26 heavy (non-hydrogen) atoms. The van der Waals surface area contributed by atoms with Crippen LogP contribution in [0.2, 0.25) is 26.2 Å². The molecule has 0 amide bonds. The van der Waals surface area contributed by atoms with Gasteiger partial charge < -0.3 is 27.2 Å². The van der Waals surface area contributed by atoms with Gasteiger partial charge in [-0.1, -0.05) is 6.07 Å². The van der Waals surface area contributed by atoms with Crippen molar-refractivity contribution < 1.29 is 27.2 Å². The standard InChI is InChI=1S/C17H33NO6Si2/c1-19-9-10-20-11-12-21-13-14-22-25(2,3)24-26(4,5)23-16-17-7-6-8-18-15-17/h6-8,15H,9-14,16H2,1-5H3. The Labute approximate surface area is 159 Å².